The molecular formula is C15H21N. The molecule has 0 saturated heterocycles. The van der Waals surface area contributed by atoms with Crippen LogP contribution >= 0.6 is 0 Å². The maximum absolute atomic E-state index is 2.51. The second-order valence-electron chi connectivity index (χ2n) is 5.85. The van der Waals surface area contributed by atoms with Gasteiger partial charge in [0.15, 0.2) is 0 Å². The van der Waals surface area contributed by atoms with Crippen molar-refractivity contribution in [2.24, 2.45) is 0 Å². The van der Waals surface area contributed by atoms with Crippen molar-refractivity contribution in [2.45, 2.75) is 45.4 Å². The Balaban J connectivity index is 2.11. The van der Waals surface area contributed by atoms with Crippen molar-refractivity contribution >= 4 is 5.69 Å². The highest BCUT2D eigenvalue weighted by Gasteiger charge is 2.32. The van der Waals surface area contributed by atoms with Gasteiger partial charge < -0.3 is 4.90 Å². The number of benzene rings is 1. The van der Waals surface area contributed by atoms with Gasteiger partial charge in [-0.2, -0.15) is 0 Å². The molecule has 0 radical (unpaired) electrons. The van der Waals surface area contributed by atoms with E-state index in [1.807, 2.05) is 0 Å². The van der Waals surface area contributed by atoms with Crippen molar-refractivity contribution in [1.82, 2.24) is 0 Å². The number of likely N-dealkylation sites (N-methyl/N-ethyl adjacent to an activating group) is 1. The summed E-state index contributed by atoms with van der Waals surface area (Å²) in [5, 5.41) is 0. The molecule has 1 heterocycles. The molecule has 16 heavy (non-hydrogen) atoms. The molecule has 1 aliphatic heterocycles. The van der Waals surface area contributed by atoms with Gasteiger partial charge in [0.05, 0.1) is 0 Å². The lowest BCUT2D eigenvalue weighted by Crippen LogP contribution is -2.19. The predicted octanol–water partition coefficient (Wildman–Crippen LogP) is 3.29. The van der Waals surface area contributed by atoms with E-state index < -0.39 is 0 Å². The Hall–Kier alpha value is -0.980. The minimum Gasteiger partial charge on any atom is -0.371 e. The average molecular weight is 215 g/mol. The van der Waals surface area contributed by atoms with Crippen LogP contribution in [-0.4, -0.2) is 13.1 Å². The van der Waals surface area contributed by atoms with Crippen molar-refractivity contribution in [2.75, 3.05) is 18.0 Å². The smallest absolute Gasteiger partial charge is 0.0402 e. The van der Waals surface area contributed by atoms with E-state index in [-0.39, 0.29) is 0 Å². The lowest BCUT2D eigenvalue weighted by atomic mass is 9.85. The number of rotatable bonds is 1. The topological polar surface area (TPSA) is 3.24 Å². The molecule has 2 aliphatic rings. The molecule has 1 heteroatoms. The second-order valence-corrected chi connectivity index (χ2v) is 5.85. The van der Waals surface area contributed by atoms with Crippen LogP contribution in [0.5, 0.6) is 0 Å². The summed E-state index contributed by atoms with van der Waals surface area (Å²) in [6.45, 7) is 9.39. The van der Waals surface area contributed by atoms with Crippen LogP contribution in [0.3, 0.4) is 0 Å². The molecular weight excluding hydrogens is 194 g/mol. The van der Waals surface area contributed by atoms with E-state index in [0.29, 0.717) is 5.41 Å². The summed E-state index contributed by atoms with van der Waals surface area (Å²) in [4.78, 5) is 2.51. The van der Waals surface area contributed by atoms with Gasteiger partial charge >= 0.3 is 0 Å². The van der Waals surface area contributed by atoms with Crippen LogP contribution in [0.4, 0.5) is 5.69 Å². The van der Waals surface area contributed by atoms with Crippen LogP contribution in [0, 0.1) is 0 Å². The Labute approximate surface area is 98.5 Å². The zero-order valence-electron chi connectivity index (χ0n) is 10.6. The zero-order valence-corrected chi connectivity index (χ0v) is 10.6. The molecule has 0 bridgehead atoms. The molecule has 0 unspecified atom stereocenters. The molecule has 0 saturated carbocycles. The highest BCUT2D eigenvalue weighted by Crippen LogP contribution is 2.42. The van der Waals surface area contributed by atoms with Gasteiger partial charge in [0.1, 0.15) is 0 Å². The van der Waals surface area contributed by atoms with E-state index in [0.717, 1.165) is 6.54 Å². The highest BCUT2D eigenvalue weighted by atomic mass is 15.1. The first-order valence-corrected chi connectivity index (χ1v) is 6.53. The average Bonchev–Trinajstić information content (AvgIpc) is 2.78. The molecule has 0 fully saturated rings. The number of nitrogens with zero attached hydrogens (tertiary/aromatic N) is 1. The molecule has 0 spiro atoms. The van der Waals surface area contributed by atoms with Gasteiger partial charge in [-0.1, -0.05) is 19.9 Å². The number of fused-ring (bicyclic) bond motifs is 2. The van der Waals surface area contributed by atoms with Gasteiger partial charge in [0.25, 0.3) is 0 Å². The SMILES string of the molecule is CCN1CCc2cc3c(cc21)CCC3(C)C. The molecule has 1 aromatic carbocycles. The Morgan fingerprint density at radius 1 is 1.19 bits per heavy atom. The zero-order chi connectivity index (χ0) is 11.3. The monoisotopic (exact) mass is 215 g/mol. The van der Waals surface area contributed by atoms with E-state index in [1.54, 1.807) is 16.7 Å². The first-order valence-electron chi connectivity index (χ1n) is 6.53. The normalized spacial score (nSPS) is 21.1. The lowest BCUT2D eigenvalue weighted by Gasteiger charge is -2.21. The fourth-order valence-corrected chi connectivity index (χ4v) is 3.29. The van der Waals surface area contributed by atoms with Gasteiger partial charge in [-0.15, -0.1) is 0 Å². The van der Waals surface area contributed by atoms with Gasteiger partial charge in [0, 0.05) is 18.8 Å². The van der Waals surface area contributed by atoms with Gasteiger partial charge in [-0.25, -0.2) is 0 Å². The minimum atomic E-state index is 0.407. The fraction of sp³-hybridized carbons (Fsp3) is 0.600. The Bertz CT molecular complexity index is 431. The number of hydrogen-bond acceptors (Lipinski definition) is 1. The molecule has 0 N–H and O–H groups in total. The van der Waals surface area contributed by atoms with Crippen LogP contribution in [0.25, 0.3) is 0 Å². The van der Waals surface area contributed by atoms with E-state index in [9.17, 15) is 0 Å². The van der Waals surface area contributed by atoms with Crippen LogP contribution < -0.4 is 4.90 Å². The van der Waals surface area contributed by atoms with Crippen LogP contribution in [0.2, 0.25) is 0 Å². The van der Waals surface area contributed by atoms with Gasteiger partial charge in [-0.3, -0.25) is 0 Å². The van der Waals surface area contributed by atoms with Crippen LogP contribution in [0.1, 0.15) is 43.9 Å². The predicted molar refractivity (Wildman–Crippen MR) is 69.4 cm³/mol. The molecule has 0 aromatic heterocycles. The van der Waals surface area contributed by atoms with Crippen molar-refractivity contribution in [1.29, 1.82) is 0 Å². The Kier molecular flexibility index (Phi) is 2.07. The molecule has 3 rings (SSSR count). The lowest BCUT2D eigenvalue weighted by molar-refractivity contribution is 0.522. The standard InChI is InChI=1S/C15H21N/c1-4-16-8-6-12-9-13-11(10-14(12)16)5-7-15(13,2)3/h9-10H,4-8H2,1-3H3. The molecule has 86 valence electrons. The molecule has 0 amide bonds. The Morgan fingerprint density at radius 2 is 2.00 bits per heavy atom. The Morgan fingerprint density at radius 3 is 2.75 bits per heavy atom. The number of hydrogen-bond donors (Lipinski definition) is 0. The third-order valence-electron chi connectivity index (χ3n) is 4.43. The first kappa shape index (κ1) is 10.2. The third kappa shape index (κ3) is 1.30. The summed E-state index contributed by atoms with van der Waals surface area (Å²) in [6, 6.07) is 4.96. The van der Waals surface area contributed by atoms with E-state index in [4.69, 9.17) is 0 Å². The summed E-state index contributed by atoms with van der Waals surface area (Å²) < 4.78 is 0. The van der Waals surface area contributed by atoms with E-state index in [2.05, 4.69) is 37.8 Å². The van der Waals surface area contributed by atoms with Gasteiger partial charge in [0.2, 0.25) is 0 Å². The molecule has 1 aromatic rings. The summed E-state index contributed by atoms with van der Waals surface area (Å²) in [5.74, 6) is 0. The minimum absolute atomic E-state index is 0.407. The van der Waals surface area contributed by atoms with Crippen molar-refractivity contribution in [3.8, 4) is 0 Å². The third-order valence-corrected chi connectivity index (χ3v) is 4.43. The maximum Gasteiger partial charge on any atom is 0.0402 e. The van der Waals surface area contributed by atoms with E-state index in [1.165, 1.54) is 31.5 Å². The van der Waals surface area contributed by atoms with Crippen molar-refractivity contribution in [3.05, 3.63) is 28.8 Å². The van der Waals surface area contributed by atoms with Crippen molar-refractivity contribution < 1.29 is 0 Å². The molecule has 1 nitrogen and oxygen atoms in total. The second kappa shape index (κ2) is 3.26. The number of anilines is 1. The maximum atomic E-state index is 2.51. The first-order chi connectivity index (χ1) is 7.62. The fourth-order valence-electron chi connectivity index (χ4n) is 3.29. The van der Waals surface area contributed by atoms with Crippen molar-refractivity contribution in [3.63, 3.8) is 0 Å². The molecule has 0 atom stereocenters. The molecule has 1 aliphatic carbocycles. The van der Waals surface area contributed by atoms with E-state index >= 15 is 0 Å². The van der Waals surface area contributed by atoms with Crippen LogP contribution in [-0.2, 0) is 18.3 Å². The summed E-state index contributed by atoms with van der Waals surface area (Å²) >= 11 is 0. The largest absolute Gasteiger partial charge is 0.371 e. The summed E-state index contributed by atoms with van der Waals surface area (Å²) in [5.41, 5.74) is 6.71. The summed E-state index contributed by atoms with van der Waals surface area (Å²) in [6.07, 6.45) is 3.83. The highest BCUT2D eigenvalue weighted by molar-refractivity contribution is 5.63. The summed E-state index contributed by atoms with van der Waals surface area (Å²) in [7, 11) is 0. The van der Waals surface area contributed by atoms with Gasteiger partial charge in [-0.05, 0) is 54.4 Å². The number of aryl methyl sites for hydroxylation is 1. The quantitative estimate of drug-likeness (QED) is 0.695. The van der Waals surface area contributed by atoms with Crippen LogP contribution in [0.15, 0.2) is 12.1 Å².